The van der Waals surface area contributed by atoms with Crippen LogP contribution in [0.25, 0.3) is 10.1 Å². The minimum absolute atomic E-state index is 0.214. The molecule has 2 aromatic carbocycles. The maximum Gasteiger partial charge on any atom is 0.320 e. The van der Waals surface area contributed by atoms with Crippen molar-refractivity contribution in [2.75, 3.05) is 25.0 Å². The van der Waals surface area contributed by atoms with E-state index in [-0.39, 0.29) is 12.6 Å². The maximum atomic E-state index is 12.2. The van der Waals surface area contributed by atoms with Gasteiger partial charge < -0.3 is 10.4 Å². The third-order valence-electron chi connectivity index (χ3n) is 4.85. The summed E-state index contributed by atoms with van der Waals surface area (Å²) >= 11 is 1.35. The highest BCUT2D eigenvalue weighted by Crippen LogP contribution is 2.26. The fraction of sp³-hybridized carbons (Fsp3) is 0.300. The number of hydrogen-bond donors (Lipinski definition) is 3. The molecule has 1 aliphatic rings. The van der Waals surface area contributed by atoms with E-state index in [1.807, 2.05) is 42.5 Å². The third kappa shape index (κ3) is 4.27. The van der Waals surface area contributed by atoms with Gasteiger partial charge in [-0.2, -0.15) is 4.37 Å². The highest BCUT2D eigenvalue weighted by atomic mass is 32.1. The van der Waals surface area contributed by atoms with Gasteiger partial charge in [0.15, 0.2) is 5.82 Å². The SMILES string of the molecule is O=C(NCC1(O)CCN(Cc2ccccc2)C1)Nc1nsc2ccccc12. The predicted molar refractivity (Wildman–Crippen MR) is 108 cm³/mol. The number of β-amino-alcohol motifs (C(OH)–C–C–N with tert-alkyl or cyclic N) is 1. The van der Waals surface area contributed by atoms with Gasteiger partial charge in [-0.25, -0.2) is 4.79 Å². The molecule has 1 saturated heterocycles. The van der Waals surface area contributed by atoms with Crippen LogP contribution in [0.2, 0.25) is 0 Å². The Hall–Kier alpha value is -2.48. The monoisotopic (exact) mass is 382 g/mol. The van der Waals surface area contributed by atoms with Gasteiger partial charge in [-0.15, -0.1) is 0 Å². The van der Waals surface area contributed by atoms with Gasteiger partial charge in [-0.05, 0) is 35.6 Å². The molecular formula is C20H22N4O2S. The number of likely N-dealkylation sites (tertiary alicyclic amines) is 1. The van der Waals surface area contributed by atoms with Crippen LogP contribution in [0.4, 0.5) is 10.6 Å². The van der Waals surface area contributed by atoms with Crippen LogP contribution in [0.5, 0.6) is 0 Å². The van der Waals surface area contributed by atoms with Crippen molar-refractivity contribution in [1.29, 1.82) is 0 Å². The lowest BCUT2D eigenvalue weighted by Crippen LogP contribution is -2.46. The Kier molecular flexibility index (Phi) is 5.07. The minimum atomic E-state index is -0.906. The summed E-state index contributed by atoms with van der Waals surface area (Å²) in [6, 6.07) is 17.6. The molecule has 1 aliphatic heterocycles. The number of anilines is 1. The molecule has 4 rings (SSSR count). The molecule has 27 heavy (non-hydrogen) atoms. The van der Waals surface area contributed by atoms with Gasteiger partial charge >= 0.3 is 6.03 Å². The zero-order valence-electron chi connectivity index (χ0n) is 14.9. The second-order valence-corrected chi connectivity index (χ2v) is 7.81. The van der Waals surface area contributed by atoms with Crippen LogP contribution in [0.3, 0.4) is 0 Å². The Balaban J connectivity index is 1.30. The van der Waals surface area contributed by atoms with E-state index in [9.17, 15) is 9.90 Å². The average Bonchev–Trinajstić information content (AvgIpc) is 3.25. The molecule has 2 amide bonds. The zero-order chi connectivity index (χ0) is 18.7. The van der Waals surface area contributed by atoms with Crippen LogP contribution in [-0.2, 0) is 6.54 Å². The average molecular weight is 382 g/mol. The third-order valence-corrected chi connectivity index (χ3v) is 5.67. The molecule has 3 N–H and O–H groups in total. The smallest absolute Gasteiger partial charge is 0.320 e. The number of urea groups is 1. The number of carbonyl (C=O) groups excluding carboxylic acids is 1. The molecule has 0 spiro atoms. The molecule has 6 nitrogen and oxygen atoms in total. The first-order valence-electron chi connectivity index (χ1n) is 8.99. The van der Waals surface area contributed by atoms with Crippen LogP contribution >= 0.6 is 11.5 Å². The lowest BCUT2D eigenvalue weighted by molar-refractivity contribution is 0.0511. The summed E-state index contributed by atoms with van der Waals surface area (Å²) in [5.74, 6) is 0.553. The maximum absolute atomic E-state index is 12.2. The highest BCUT2D eigenvalue weighted by molar-refractivity contribution is 7.13. The first kappa shape index (κ1) is 17.9. The van der Waals surface area contributed by atoms with Crippen molar-refractivity contribution in [3.8, 4) is 0 Å². The van der Waals surface area contributed by atoms with E-state index in [1.54, 1.807) is 0 Å². The number of rotatable bonds is 5. The summed E-state index contributed by atoms with van der Waals surface area (Å²) < 4.78 is 5.32. The molecule has 1 unspecified atom stereocenters. The lowest BCUT2D eigenvalue weighted by atomic mass is 10.0. The molecule has 7 heteroatoms. The fourth-order valence-electron chi connectivity index (χ4n) is 3.43. The predicted octanol–water partition coefficient (Wildman–Crippen LogP) is 3.05. The van der Waals surface area contributed by atoms with Crippen molar-refractivity contribution in [3.05, 3.63) is 60.2 Å². The number of fused-ring (bicyclic) bond motifs is 1. The minimum Gasteiger partial charge on any atom is -0.387 e. The number of carbonyl (C=O) groups is 1. The van der Waals surface area contributed by atoms with Crippen molar-refractivity contribution in [2.45, 2.75) is 18.6 Å². The van der Waals surface area contributed by atoms with Gasteiger partial charge in [0, 0.05) is 31.6 Å². The summed E-state index contributed by atoms with van der Waals surface area (Å²) in [5, 5.41) is 17.3. The first-order chi connectivity index (χ1) is 13.1. The van der Waals surface area contributed by atoms with E-state index in [0.717, 1.165) is 23.2 Å². The summed E-state index contributed by atoms with van der Waals surface area (Å²) in [7, 11) is 0. The Morgan fingerprint density at radius 3 is 2.81 bits per heavy atom. The first-order valence-corrected chi connectivity index (χ1v) is 9.77. The van der Waals surface area contributed by atoms with Crippen molar-refractivity contribution in [2.24, 2.45) is 0 Å². The number of benzene rings is 2. The Morgan fingerprint density at radius 1 is 1.19 bits per heavy atom. The van der Waals surface area contributed by atoms with Crippen molar-refractivity contribution < 1.29 is 9.90 Å². The van der Waals surface area contributed by atoms with Crippen molar-refractivity contribution in [1.82, 2.24) is 14.6 Å². The number of nitrogens with zero attached hydrogens (tertiary/aromatic N) is 2. The molecule has 0 saturated carbocycles. The standard InChI is InChI=1S/C20H22N4O2S/c25-19(22-18-16-8-4-5-9-17(16)27-23-18)21-13-20(26)10-11-24(14-20)12-15-6-2-1-3-7-15/h1-9,26H,10-14H2,(H2,21,22,23,25). The van der Waals surface area contributed by atoms with E-state index >= 15 is 0 Å². The van der Waals surface area contributed by atoms with Gasteiger partial charge in [0.05, 0.1) is 10.3 Å². The van der Waals surface area contributed by atoms with Gasteiger partial charge in [-0.3, -0.25) is 10.2 Å². The normalized spacial score (nSPS) is 20.0. The molecule has 0 radical (unpaired) electrons. The Bertz CT molecular complexity index is 930. The van der Waals surface area contributed by atoms with Crippen LogP contribution in [0, 0.1) is 0 Å². The van der Waals surface area contributed by atoms with Gasteiger partial charge in [-0.1, -0.05) is 42.5 Å². The second kappa shape index (κ2) is 7.64. The van der Waals surface area contributed by atoms with Crippen LogP contribution in [0.1, 0.15) is 12.0 Å². The summed E-state index contributed by atoms with van der Waals surface area (Å²) in [6.07, 6.45) is 0.639. The van der Waals surface area contributed by atoms with E-state index in [0.29, 0.717) is 18.8 Å². The zero-order valence-corrected chi connectivity index (χ0v) is 15.7. The molecule has 0 bridgehead atoms. The molecule has 3 aromatic rings. The summed E-state index contributed by atoms with van der Waals surface area (Å²) in [4.78, 5) is 14.5. The van der Waals surface area contributed by atoms with Gasteiger partial charge in [0.25, 0.3) is 0 Å². The molecule has 1 aromatic heterocycles. The molecule has 1 atom stereocenters. The second-order valence-electron chi connectivity index (χ2n) is 7.01. The molecular weight excluding hydrogens is 360 g/mol. The van der Waals surface area contributed by atoms with Gasteiger partial charge in [0.1, 0.15) is 0 Å². The highest BCUT2D eigenvalue weighted by Gasteiger charge is 2.36. The summed E-state index contributed by atoms with van der Waals surface area (Å²) in [5.41, 5.74) is 0.318. The van der Waals surface area contributed by atoms with E-state index in [4.69, 9.17) is 0 Å². The van der Waals surface area contributed by atoms with E-state index < -0.39 is 5.60 Å². The number of nitrogens with one attached hydrogen (secondary N) is 2. The molecule has 0 aliphatic carbocycles. The topological polar surface area (TPSA) is 77.5 Å². The van der Waals surface area contributed by atoms with Crippen molar-refractivity contribution in [3.63, 3.8) is 0 Å². The van der Waals surface area contributed by atoms with E-state index in [1.165, 1.54) is 17.1 Å². The lowest BCUT2D eigenvalue weighted by Gasteiger charge is -2.24. The fourth-order valence-corrected chi connectivity index (χ4v) is 4.17. The summed E-state index contributed by atoms with van der Waals surface area (Å²) in [6.45, 7) is 2.37. The van der Waals surface area contributed by atoms with E-state index in [2.05, 4.69) is 32.0 Å². The molecule has 1 fully saturated rings. The quantitative estimate of drug-likeness (QED) is 0.634. The van der Waals surface area contributed by atoms with Crippen LogP contribution < -0.4 is 10.6 Å². The Labute approximate surface area is 162 Å². The van der Waals surface area contributed by atoms with Crippen LogP contribution in [0.15, 0.2) is 54.6 Å². The number of aliphatic hydroxyl groups is 1. The number of amides is 2. The largest absolute Gasteiger partial charge is 0.387 e. The Morgan fingerprint density at radius 2 is 1.96 bits per heavy atom. The number of aromatic nitrogens is 1. The van der Waals surface area contributed by atoms with Crippen LogP contribution in [-0.4, -0.2) is 45.6 Å². The van der Waals surface area contributed by atoms with Gasteiger partial charge in [0.2, 0.25) is 0 Å². The molecule has 140 valence electrons. The van der Waals surface area contributed by atoms with Crippen molar-refractivity contribution >= 4 is 33.5 Å². The molecule has 2 heterocycles. The number of hydrogen-bond acceptors (Lipinski definition) is 5.